The molecule has 2 saturated carbocycles. The van der Waals surface area contributed by atoms with Gasteiger partial charge in [-0.05, 0) is 49.0 Å². The van der Waals surface area contributed by atoms with E-state index in [1.165, 1.54) is 31.2 Å². The van der Waals surface area contributed by atoms with E-state index in [-0.39, 0.29) is 12.1 Å². The first kappa shape index (κ1) is 12.4. The lowest BCUT2D eigenvalue weighted by atomic mass is 9.96. The zero-order valence-electron chi connectivity index (χ0n) is 11.8. The summed E-state index contributed by atoms with van der Waals surface area (Å²) in [6.07, 6.45) is 5.61. The quantitative estimate of drug-likeness (QED) is 0.892. The molecule has 1 aliphatic heterocycles. The Morgan fingerprint density at radius 1 is 1.10 bits per heavy atom. The lowest BCUT2D eigenvalue weighted by Crippen LogP contribution is -2.36. The largest absolute Gasteiger partial charge is 0.322 e. The highest BCUT2D eigenvalue weighted by atomic mass is 16.2. The summed E-state index contributed by atoms with van der Waals surface area (Å²) >= 11 is 0. The SMILES string of the molecule is O=C1CNC(c2ccccc2)N1CC(C1CC1)C1CC1. The molecule has 3 nitrogen and oxygen atoms in total. The number of carbonyl (C=O) groups is 1. The lowest BCUT2D eigenvalue weighted by Gasteiger charge is -2.29. The van der Waals surface area contributed by atoms with Crippen LogP contribution in [-0.2, 0) is 4.79 Å². The molecular weight excluding hydrogens is 248 g/mol. The Morgan fingerprint density at radius 3 is 2.35 bits per heavy atom. The highest BCUT2D eigenvalue weighted by molar-refractivity contribution is 5.81. The summed E-state index contributed by atoms with van der Waals surface area (Å²) in [6.45, 7) is 1.45. The molecule has 3 fully saturated rings. The Labute approximate surface area is 120 Å². The van der Waals surface area contributed by atoms with Crippen molar-refractivity contribution >= 4 is 5.91 Å². The molecule has 106 valence electrons. The maximum Gasteiger partial charge on any atom is 0.238 e. The normalized spacial score (nSPS) is 26.6. The topological polar surface area (TPSA) is 32.3 Å². The van der Waals surface area contributed by atoms with Crippen molar-refractivity contribution in [2.75, 3.05) is 13.1 Å². The molecule has 1 aromatic carbocycles. The molecule has 3 heteroatoms. The first-order valence-electron chi connectivity index (χ1n) is 7.91. The van der Waals surface area contributed by atoms with Gasteiger partial charge in [0.05, 0.1) is 6.54 Å². The molecule has 1 N–H and O–H groups in total. The van der Waals surface area contributed by atoms with Crippen molar-refractivity contribution in [2.45, 2.75) is 31.8 Å². The van der Waals surface area contributed by atoms with Crippen LogP contribution >= 0.6 is 0 Å². The van der Waals surface area contributed by atoms with Crippen molar-refractivity contribution in [2.24, 2.45) is 17.8 Å². The van der Waals surface area contributed by atoms with E-state index in [1.807, 2.05) is 6.07 Å². The van der Waals surface area contributed by atoms with E-state index in [4.69, 9.17) is 0 Å². The maximum atomic E-state index is 12.2. The number of rotatable bonds is 5. The minimum atomic E-state index is 0.0868. The second-order valence-electron chi connectivity index (χ2n) is 6.58. The van der Waals surface area contributed by atoms with Crippen molar-refractivity contribution in [1.29, 1.82) is 0 Å². The highest BCUT2D eigenvalue weighted by Crippen LogP contribution is 2.50. The van der Waals surface area contributed by atoms with E-state index in [0.717, 1.165) is 24.3 Å². The van der Waals surface area contributed by atoms with Gasteiger partial charge in [-0.25, -0.2) is 0 Å². The van der Waals surface area contributed by atoms with Gasteiger partial charge in [0.15, 0.2) is 0 Å². The molecule has 20 heavy (non-hydrogen) atoms. The third-order valence-corrected chi connectivity index (χ3v) is 5.06. The van der Waals surface area contributed by atoms with E-state index >= 15 is 0 Å². The van der Waals surface area contributed by atoms with Gasteiger partial charge in [-0.1, -0.05) is 30.3 Å². The number of benzene rings is 1. The van der Waals surface area contributed by atoms with Crippen LogP contribution in [0, 0.1) is 17.8 Å². The summed E-state index contributed by atoms with van der Waals surface area (Å²) in [6, 6.07) is 10.4. The van der Waals surface area contributed by atoms with E-state index in [9.17, 15) is 4.79 Å². The molecular formula is C17H22N2O. The Kier molecular flexibility index (Phi) is 3.03. The van der Waals surface area contributed by atoms with Crippen LogP contribution in [0.3, 0.4) is 0 Å². The zero-order chi connectivity index (χ0) is 13.5. The summed E-state index contributed by atoms with van der Waals surface area (Å²) in [5.74, 6) is 2.81. The Balaban J connectivity index is 1.53. The second kappa shape index (κ2) is 4.88. The fraction of sp³-hybridized carbons (Fsp3) is 0.588. The number of nitrogens with zero attached hydrogens (tertiary/aromatic N) is 1. The Hall–Kier alpha value is -1.35. The van der Waals surface area contributed by atoms with Crippen molar-refractivity contribution in [1.82, 2.24) is 10.2 Å². The van der Waals surface area contributed by atoms with Crippen LogP contribution in [0.2, 0.25) is 0 Å². The first-order valence-corrected chi connectivity index (χ1v) is 7.91. The van der Waals surface area contributed by atoms with Crippen molar-refractivity contribution in [3.8, 4) is 0 Å². The van der Waals surface area contributed by atoms with Crippen molar-refractivity contribution in [3.05, 3.63) is 35.9 Å². The van der Waals surface area contributed by atoms with E-state index in [1.54, 1.807) is 0 Å². The number of nitrogens with one attached hydrogen (secondary N) is 1. The van der Waals surface area contributed by atoms with Gasteiger partial charge < -0.3 is 4.90 Å². The van der Waals surface area contributed by atoms with Crippen LogP contribution in [0.1, 0.15) is 37.4 Å². The molecule has 1 heterocycles. The molecule has 1 amide bonds. The predicted octanol–water partition coefficient (Wildman–Crippen LogP) is 2.55. The molecule has 1 aromatic rings. The van der Waals surface area contributed by atoms with Crippen LogP contribution in [0.5, 0.6) is 0 Å². The maximum absolute atomic E-state index is 12.2. The number of carbonyl (C=O) groups excluding carboxylic acids is 1. The fourth-order valence-corrected chi connectivity index (χ4v) is 3.64. The summed E-state index contributed by atoms with van der Waals surface area (Å²) < 4.78 is 0. The average Bonchev–Trinajstić information content (AvgIpc) is 3.37. The number of amides is 1. The van der Waals surface area contributed by atoms with E-state index < -0.39 is 0 Å². The van der Waals surface area contributed by atoms with Crippen LogP contribution in [-0.4, -0.2) is 23.9 Å². The van der Waals surface area contributed by atoms with Crippen LogP contribution in [0.15, 0.2) is 30.3 Å². The molecule has 0 spiro atoms. The van der Waals surface area contributed by atoms with Gasteiger partial charge in [0.1, 0.15) is 6.17 Å². The van der Waals surface area contributed by atoms with E-state index in [0.29, 0.717) is 6.54 Å². The summed E-state index contributed by atoms with van der Waals surface area (Å²) in [5.41, 5.74) is 1.21. The predicted molar refractivity (Wildman–Crippen MR) is 77.8 cm³/mol. The van der Waals surface area contributed by atoms with Gasteiger partial charge in [0.25, 0.3) is 0 Å². The molecule has 2 aliphatic carbocycles. The summed E-state index contributed by atoms with van der Waals surface area (Å²) in [5, 5.41) is 3.37. The number of hydrogen-bond acceptors (Lipinski definition) is 2. The fourth-order valence-electron chi connectivity index (χ4n) is 3.64. The summed E-state index contributed by atoms with van der Waals surface area (Å²) in [4.78, 5) is 14.3. The van der Waals surface area contributed by atoms with Gasteiger partial charge in [-0.2, -0.15) is 0 Å². The smallest absolute Gasteiger partial charge is 0.238 e. The van der Waals surface area contributed by atoms with Gasteiger partial charge in [0, 0.05) is 6.54 Å². The first-order chi connectivity index (χ1) is 9.83. The lowest BCUT2D eigenvalue weighted by molar-refractivity contribution is -0.128. The third-order valence-electron chi connectivity index (χ3n) is 5.06. The zero-order valence-corrected chi connectivity index (χ0v) is 11.8. The molecule has 0 radical (unpaired) electrons. The van der Waals surface area contributed by atoms with Gasteiger partial charge >= 0.3 is 0 Å². The Bertz CT molecular complexity index is 481. The molecule has 1 unspecified atom stereocenters. The average molecular weight is 270 g/mol. The van der Waals surface area contributed by atoms with Crippen LogP contribution in [0.25, 0.3) is 0 Å². The van der Waals surface area contributed by atoms with Crippen molar-refractivity contribution in [3.63, 3.8) is 0 Å². The highest BCUT2D eigenvalue weighted by Gasteiger charge is 2.44. The molecule has 1 saturated heterocycles. The molecule has 0 bridgehead atoms. The van der Waals surface area contributed by atoms with Gasteiger partial charge in [0.2, 0.25) is 5.91 Å². The van der Waals surface area contributed by atoms with Gasteiger partial charge in [-0.15, -0.1) is 0 Å². The Morgan fingerprint density at radius 2 is 1.75 bits per heavy atom. The van der Waals surface area contributed by atoms with Crippen molar-refractivity contribution < 1.29 is 4.79 Å². The standard InChI is InChI=1S/C17H22N2O/c20-16-10-18-17(14-4-2-1-3-5-14)19(16)11-15(12-6-7-12)13-8-9-13/h1-5,12-13,15,17-18H,6-11H2. The molecule has 1 atom stereocenters. The minimum absolute atomic E-state index is 0.0868. The molecule has 3 aliphatic rings. The summed E-state index contributed by atoms with van der Waals surface area (Å²) in [7, 11) is 0. The third kappa shape index (κ3) is 2.35. The number of hydrogen-bond donors (Lipinski definition) is 1. The molecule has 4 rings (SSSR count). The van der Waals surface area contributed by atoms with Crippen LogP contribution < -0.4 is 5.32 Å². The monoisotopic (exact) mass is 270 g/mol. The van der Waals surface area contributed by atoms with E-state index in [2.05, 4.69) is 34.5 Å². The molecule has 0 aromatic heterocycles. The minimum Gasteiger partial charge on any atom is -0.322 e. The van der Waals surface area contributed by atoms with Gasteiger partial charge in [-0.3, -0.25) is 10.1 Å². The second-order valence-corrected chi connectivity index (χ2v) is 6.58. The van der Waals surface area contributed by atoms with Crippen LogP contribution in [0.4, 0.5) is 0 Å².